The largest absolute Gasteiger partial charge is 0.497 e. The second kappa shape index (κ2) is 9.08. The number of fused-ring (bicyclic) bond motifs is 2. The number of carbonyl (C=O) groups excluding carboxylic acids is 1. The molecule has 2 heterocycles. The Hall–Kier alpha value is -3.02. The maximum atomic E-state index is 13.0. The van der Waals surface area contributed by atoms with E-state index in [-0.39, 0.29) is 6.04 Å². The van der Waals surface area contributed by atoms with Gasteiger partial charge in [0, 0.05) is 32.1 Å². The Morgan fingerprint density at radius 3 is 2.70 bits per heavy atom. The molecule has 6 nitrogen and oxygen atoms in total. The number of hydrogen-bond acceptors (Lipinski definition) is 5. The van der Waals surface area contributed by atoms with Crippen molar-refractivity contribution in [3.05, 3.63) is 47.5 Å². The first-order valence-electron chi connectivity index (χ1n) is 12.1. The number of rotatable bonds is 3. The third-order valence-electron chi connectivity index (χ3n) is 7.17. The highest BCUT2D eigenvalue weighted by Crippen LogP contribution is 2.40. The SMILES string of the molecule is COc1ccc2c(c1)C(N1CCN(C(=O)CC3CCCC3)[C@@H](C)C1)=Nc1ccc(C)cc1O2. The molecule has 0 spiro atoms. The van der Waals surface area contributed by atoms with E-state index in [0.29, 0.717) is 24.8 Å². The zero-order chi connectivity index (χ0) is 22.9. The molecule has 1 aliphatic carbocycles. The van der Waals surface area contributed by atoms with Crippen molar-refractivity contribution in [2.45, 2.75) is 52.0 Å². The van der Waals surface area contributed by atoms with Gasteiger partial charge in [-0.1, -0.05) is 18.9 Å². The molecule has 2 fully saturated rings. The first kappa shape index (κ1) is 21.8. The molecule has 33 heavy (non-hydrogen) atoms. The molecule has 0 bridgehead atoms. The molecule has 5 rings (SSSR count). The number of nitrogens with zero attached hydrogens (tertiary/aromatic N) is 3. The maximum absolute atomic E-state index is 13.0. The van der Waals surface area contributed by atoms with Crippen LogP contribution in [0.4, 0.5) is 5.69 Å². The average Bonchev–Trinajstić information content (AvgIpc) is 3.26. The third kappa shape index (κ3) is 4.43. The standard InChI is InChI=1S/C27H33N3O3/c1-18-8-10-23-25(14-18)33-24-11-9-21(32-3)16-22(24)27(28-23)29-12-13-30(19(2)17-29)26(31)15-20-6-4-5-7-20/h8-11,14,16,19-20H,4-7,12-13,15,17H2,1-3H3/t19-/m0/s1. The Morgan fingerprint density at radius 2 is 1.94 bits per heavy atom. The van der Waals surface area contributed by atoms with Gasteiger partial charge in [-0.2, -0.15) is 0 Å². The molecule has 174 valence electrons. The Morgan fingerprint density at radius 1 is 1.12 bits per heavy atom. The number of amidine groups is 1. The van der Waals surface area contributed by atoms with Crippen molar-refractivity contribution in [1.29, 1.82) is 0 Å². The van der Waals surface area contributed by atoms with E-state index in [1.807, 2.05) is 30.3 Å². The van der Waals surface area contributed by atoms with Gasteiger partial charge >= 0.3 is 0 Å². The molecule has 2 aromatic carbocycles. The minimum absolute atomic E-state index is 0.131. The van der Waals surface area contributed by atoms with Crippen LogP contribution < -0.4 is 9.47 Å². The van der Waals surface area contributed by atoms with Crippen molar-refractivity contribution in [3.63, 3.8) is 0 Å². The second-order valence-electron chi connectivity index (χ2n) is 9.61. The number of piperazine rings is 1. The first-order valence-corrected chi connectivity index (χ1v) is 12.1. The van der Waals surface area contributed by atoms with Gasteiger partial charge in [0.05, 0.1) is 12.7 Å². The summed E-state index contributed by atoms with van der Waals surface area (Å²) < 4.78 is 11.8. The van der Waals surface area contributed by atoms with Gasteiger partial charge in [0.2, 0.25) is 5.91 Å². The number of aliphatic imine (C=N–C) groups is 1. The van der Waals surface area contributed by atoms with Gasteiger partial charge < -0.3 is 19.3 Å². The smallest absolute Gasteiger partial charge is 0.223 e. The van der Waals surface area contributed by atoms with Crippen molar-refractivity contribution < 1.29 is 14.3 Å². The molecule has 3 aliphatic rings. The lowest BCUT2D eigenvalue weighted by atomic mass is 10.0. The molecule has 6 heteroatoms. The van der Waals surface area contributed by atoms with Crippen molar-refractivity contribution in [2.75, 3.05) is 26.7 Å². The fourth-order valence-corrected chi connectivity index (χ4v) is 5.33. The van der Waals surface area contributed by atoms with Gasteiger partial charge in [0.25, 0.3) is 0 Å². The topological polar surface area (TPSA) is 54.4 Å². The Labute approximate surface area is 196 Å². The predicted octanol–water partition coefficient (Wildman–Crippen LogP) is 5.30. The summed E-state index contributed by atoms with van der Waals surface area (Å²) in [6.45, 7) is 6.41. The summed E-state index contributed by atoms with van der Waals surface area (Å²) in [4.78, 5) is 22.5. The maximum Gasteiger partial charge on any atom is 0.223 e. The van der Waals surface area contributed by atoms with Crippen LogP contribution in [0.15, 0.2) is 41.4 Å². The van der Waals surface area contributed by atoms with Gasteiger partial charge in [0.1, 0.15) is 23.0 Å². The van der Waals surface area contributed by atoms with E-state index in [1.54, 1.807) is 7.11 Å². The van der Waals surface area contributed by atoms with Crippen LogP contribution in [-0.2, 0) is 4.79 Å². The highest BCUT2D eigenvalue weighted by molar-refractivity contribution is 6.04. The molecule has 1 saturated carbocycles. The van der Waals surface area contributed by atoms with Crippen LogP contribution in [0.2, 0.25) is 0 Å². The highest BCUT2D eigenvalue weighted by Gasteiger charge is 2.33. The van der Waals surface area contributed by atoms with E-state index in [9.17, 15) is 4.79 Å². The predicted molar refractivity (Wildman–Crippen MR) is 130 cm³/mol. The third-order valence-corrected chi connectivity index (χ3v) is 7.17. The Balaban J connectivity index is 1.42. The lowest BCUT2D eigenvalue weighted by molar-refractivity contribution is -0.135. The van der Waals surface area contributed by atoms with Crippen LogP contribution in [0, 0.1) is 12.8 Å². The molecule has 2 aliphatic heterocycles. The van der Waals surface area contributed by atoms with E-state index in [4.69, 9.17) is 14.5 Å². The van der Waals surface area contributed by atoms with E-state index in [0.717, 1.165) is 53.0 Å². The lowest BCUT2D eigenvalue weighted by Crippen LogP contribution is -2.55. The van der Waals surface area contributed by atoms with Crippen molar-refractivity contribution in [3.8, 4) is 17.2 Å². The van der Waals surface area contributed by atoms with Crippen LogP contribution in [0.1, 0.15) is 50.2 Å². The molecule has 1 atom stereocenters. The van der Waals surface area contributed by atoms with E-state index >= 15 is 0 Å². The number of aryl methyl sites for hydroxylation is 1. The summed E-state index contributed by atoms with van der Waals surface area (Å²) in [5.74, 6) is 4.06. The number of hydrogen-bond donors (Lipinski definition) is 0. The zero-order valence-electron chi connectivity index (χ0n) is 19.8. The quantitative estimate of drug-likeness (QED) is 0.641. The zero-order valence-corrected chi connectivity index (χ0v) is 19.8. The average molecular weight is 448 g/mol. The molecule has 1 saturated heterocycles. The van der Waals surface area contributed by atoms with Crippen LogP contribution in [-0.4, -0.2) is 54.3 Å². The molecule has 0 radical (unpaired) electrons. The molecular formula is C27H33N3O3. The van der Waals surface area contributed by atoms with Gasteiger partial charge in [0.15, 0.2) is 5.75 Å². The van der Waals surface area contributed by atoms with Crippen molar-refractivity contribution in [2.24, 2.45) is 10.9 Å². The minimum atomic E-state index is 0.131. The van der Waals surface area contributed by atoms with E-state index in [1.165, 1.54) is 25.7 Å². The first-order chi connectivity index (χ1) is 16.0. The van der Waals surface area contributed by atoms with Gasteiger partial charge in [-0.3, -0.25) is 4.79 Å². The molecule has 1 amide bonds. The molecule has 0 unspecified atom stereocenters. The molecule has 0 aromatic heterocycles. The van der Waals surface area contributed by atoms with Crippen molar-refractivity contribution >= 4 is 17.4 Å². The fraction of sp³-hybridized carbons (Fsp3) is 0.481. The van der Waals surface area contributed by atoms with E-state index < -0.39 is 0 Å². The summed E-state index contributed by atoms with van der Waals surface area (Å²) in [7, 11) is 1.67. The Kier molecular flexibility index (Phi) is 6.00. The van der Waals surface area contributed by atoms with Crippen molar-refractivity contribution in [1.82, 2.24) is 9.80 Å². The summed E-state index contributed by atoms with van der Waals surface area (Å²) in [6.07, 6.45) is 5.65. The highest BCUT2D eigenvalue weighted by atomic mass is 16.5. The number of methoxy groups -OCH3 is 1. The molecule has 2 aromatic rings. The summed E-state index contributed by atoms with van der Waals surface area (Å²) in [5, 5.41) is 0. The summed E-state index contributed by atoms with van der Waals surface area (Å²) >= 11 is 0. The van der Waals surface area contributed by atoms with E-state index in [2.05, 4.69) is 29.7 Å². The number of amides is 1. The lowest BCUT2D eigenvalue weighted by Gasteiger charge is -2.41. The fourth-order valence-electron chi connectivity index (χ4n) is 5.33. The minimum Gasteiger partial charge on any atom is -0.497 e. The number of benzene rings is 2. The van der Waals surface area contributed by atoms with Crippen LogP contribution >= 0.6 is 0 Å². The van der Waals surface area contributed by atoms with Crippen LogP contribution in [0.5, 0.6) is 17.2 Å². The normalized spacial score (nSPS) is 20.5. The summed E-state index contributed by atoms with van der Waals surface area (Å²) in [5.41, 5.74) is 2.87. The van der Waals surface area contributed by atoms with Crippen LogP contribution in [0.3, 0.4) is 0 Å². The monoisotopic (exact) mass is 447 g/mol. The van der Waals surface area contributed by atoms with Crippen LogP contribution in [0.25, 0.3) is 0 Å². The number of carbonyl (C=O) groups is 1. The number of ether oxygens (including phenoxy) is 2. The molecular weight excluding hydrogens is 414 g/mol. The van der Waals surface area contributed by atoms with Gasteiger partial charge in [-0.15, -0.1) is 0 Å². The van der Waals surface area contributed by atoms with Gasteiger partial charge in [-0.25, -0.2) is 4.99 Å². The van der Waals surface area contributed by atoms with Gasteiger partial charge in [-0.05, 0) is 68.5 Å². The Bertz CT molecular complexity index is 1070. The summed E-state index contributed by atoms with van der Waals surface area (Å²) in [6, 6.07) is 12.1. The second-order valence-corrected chi connectivity index (χ2v) is 9.61. The molecule has 0 N–H and O–H groups in total.